The molecule has 2 rings (SSSR count). The summed E-state index contributed by atoms with van der Waals surface area (Å²) in [7, 11) is -3.62. The first-order valence-electron chi connectivity index (χ1n) is 6.15. The van der Waals surface area contributed by atoms with Crippen molar-refractivity contribution >= 4 is 37.6 Å². The van der Waals surface area contributed by atoms with Gasteiger partial charge in [0.15, 0.2) is 0 Å². The standard InChI is InChI=1S/C14H14BrClN2O2S/c15-13-4-2-1-3-11(13)9-18-21(19,20)12-6-5-10(8-17)14(16)7-12/h1-7,18H,8-9,17H2. The van der Waals surface area contributed by atoms with Gasteiger partial charge >= 0.3 is 0 Å². The molecule has 0 bridgehead atoms. The van der Waals surface area contributed by atoms with Crippen LogP contribution < -0.4 is 10.5 Å². The van der Waals surface area contributed by atoms with Crippen LogP contribution in [0, 0.1) is 0 Å². The summed E-state index contributed by atoms with van der Waals surface area (Å²) in [5.41, 5.74) is 7.07. The van der Waals surface area contributed by atoms with Gasteiger partial charge in [0.2, 0.25) is 10.0 Å². The zero-order valence-corrected chi connectivity index (χ0v) is 14.2. The molecule has 2 aromatic rings. The SMILES string of the molecule is NCc1ccc(S(=O)(=O)NCc2ccccc2Br)cc1Cl. The highest BCUT2D eigenvalue weighted by Gasteiger charge is 2.15. The van der Waals surface area contributed by atoms with Gasteiger partial charge in [-0.3, -0.25) is 0 Å². The number of halogens is 2. The normalized spacial score (nSPS) is 11.6. The fourth-order valence-corrected chi connectivity index (χ4v) is 3.54. The fraction of sp³-hybridized carbons (Fsp3) is 0.143. The Morgan fingerprint density at radius 3 is 2.48 bits per heavy atom. The summed E-state index contributed by atoms with van der Waals surface area (Å²) in [6.45, 7) is 0.462. The molecule has 0 spiro atoms. The predicted molar refractivity (Wildman–Crippen MR) is 87.5 cm³/mol. The molecule has 0 fully saturated rings. The van der Waals surface area contributed by atoms with Gasteiger partial charge in [0, 0.05) is 22.6 Å². The third-order valence-corrected chi connectivity index (χ3v) is 5.49. The molecule has 0 heterocycles. The van der Waals surface area contributed by atoms with Crippen LogP contribution in [0.25, 0.3) is 0 Å². The molecule has 7 heteroatoms. The molecule has 2 aromatic carbocycles. The van der Waals surface area contributed by atoms with Gasteiger partial charge in [-0.05, 0) is 29.3 Å². The van der Waals surface area contributed by atoms with Crippen molar-refractivity contribution in [1.29, 1.82) is 0 Å². The van der Waals surface area contributed by atoms with E-state index in [1.54, 1.807) is 6.07 Å². The Kier molecular flexibility index (Phi) is 5.40. The summed E-state index contributed by atoms with van der Waals surface area (Å²) in [6, 6.07) is 11.9. The zero-order chi connectivity index (χ0) is 15.5. The second-order valence-corrected chi connectivity index (χ2v) is 7.40. The van der Waals surface area contributed by atoms with E-state index in [4.69, 9.17) is 17.3 Å². The van der Waals surface area contributed by atoms with E-state index in [9.17, 15) is 8.42 Å². The van der Waals surface area contributed by atoms with Gasteiger partial charge in [-0.1, -0.05) is 51.8 Å². The molecule has 0 saturated carbocycles. The molecule has 21 heavy (non-hydrogen) atoms. The smallest absolute Gasteiger partial charge is 0.240 e. The van der Waals surface area contributed by atoms with Crippen LogP contribution in [-0.4, -0.2) is 8.42 Å². The molecular weight excluding hydrogens is 376 g/mol. The van der Waals surface area contributed by atoms with E-state index >= 15 is 0 Å². The third kappa shape index (κ3) is 4.05. The first kappa shape index (κ1) is 16.5. The lowest BCUT2D eigenvalue weighted by Crippen LogP contribution is -2.23. The van der Waals surface area contributed by atoms with Crippen molar-refractivity contribution in [3.8, 4) is 0 Å². The number of sulfonamides is 1. The lowest BCUT2D eigenvalue weighted by Gasteiger charge is -2.09. The topological polar surface area (TPSA) is 72.2 Å². The molecule has 3 N–H and O–H groups in total. The average Bonchev–Trinajstić information content (AvgIpc) is 2.46. The highest BCUT2D eigenvalue weighted by molar-refractivity contribution is 9.10. The Balaban J connectivity index is 2.19. The van der Waals surface area contributed by atoms with Crippen LogP contribution >= 0.6 is 27.5 Å². The van der Waals surface area contributed by atoms with E-state index in [0.29, 0.717) is 10.6 Å². The van der Waals surface area contributed by atoms with Crippen molar-refractivity contribution in [2.24, 2.45) is 5.73 Å². The minimum Gasteiger partial charge on any atom is -0.326 e. The molecule has 0 radical (unpaired) electrons. The monoisotopic (exact) mass is 388 g/mol. The molecular formula is C14H14BrClN2O2S. The van der Waals surface area contributed by atoms with Crippen molar-refractivity contribution in [3.05, 3.63) is 63.1 Å². The molecule has 0 saturated heterocycles. The van der Waals surface area contributed by atoms with Crippen molar-refractivity contribution in [2.75, 3.05) is 0 Å². The Hall–Kier alpha value is -0.920. The Morgan fingerprint density at radius 2 is 1.86 bits per heavy atom. The number of benzene rings is 2. The lowest BCUT2D eigenvalue weighted by atomic mass is 10.2. The molecule has 0 unspecified atom stereocenters. The van der Waals surface area contributed by atoms with E-state index < -0.39 is 10.0 Å². The number of nitrogens with two attached hydrogens (primary N) is 1. The number of nitrogens with one attached hydrogen (secondary N) is 1. The van der Waals surface area contributed by atoms with Crippen LogP contribution in [0.15, 0.2) is 51.8 Å². The summed E-state index contributed by atoms with van der Waals surface area (Å²) in [5, 5.41) is 0.348. The van der Waals surface area contributed by atoms with Crippen LogP contribution in [0.1, 0.15) is 11.1 Å². The summed E-state index contributed by atoms with van der Waals surface area (Å²) in [5.74, 6) is 0. The van der Waals surface area contributed by atoms with Crippen molar-refractivity contribution in [1.82, 2.24) is 4.72 Å². The van der Waals surface area contributed by atoms with E-state index in [-0.39, 0.29) is 18.0 Å². The quantitative estimate of drug-likeness (QED) is 0.825. The zero-order valence-electron chi connectivity index (χ0n) is 11.0. The van der Waals surface area contributed by atoms with E-state index in [1.165, 1.54) is 12.1 Å². The van der Waals surface area contributed by atoms with Gasteiger partial charge in [-0.25, -0.2) is 13.1 Å². The van der Waals surface area contributed by atoms with Crippen LogP contribution in [0.5, 0.6) is 0 Å². The maximum Gasteiger partial charge on any atom is 0.240 e. The fourth-order valence-electron chi connectivity index (χ4n) is 1.76. The molecule has 4 nitrogen and oxygen atoms in total. The number of hydrogen-bond donors (Lipinski definition) is 2. The second-order valence-electron chi connectivity index (χ2n) is 4.37. The largest absolute Gasteiger partial charge is 0.326 e. The maximum absolute atomic E-state index is 12.3. The molecule has 0 aliphatic rings. The van der Waals surface area contributed by atoms with E-state index in [0.717, 1.165) is 10.0 Å². The minimum atomic E-state index is -3.62. The van der Waals surface area contributed by atoms with E-state index in [2.05, 4.69) is 20.7 Å². The first-order valence-corrected chi connectivity index (χ1v) is 8.81. The average molecular weight is 390 g/mol. The van der Waals surface area contributed by atoms with Crippen molar-refractivity contribution < 1.29 is 8.42 Å². The summed E-state index contributed by atoms with van der Waals surface area (Å²) in [4.78, 5) is 0.122. The van der Waals surface area contributed by atoms with Gasteiger partial charge in [0.25, 0.3) is 0 Å². The molecule has 0 atom stereocenters. The Labute approximate surface area is 137 Å². The number of hydrogen-bond acceptors (Lipinski definition) is 3. The van der Waals surface area contributed by atoms with Crippen LogP contribution in [0.4, 0.5) is 0 Å². The van der Waals surface area contributed by atoms with Crippen molar-refractivity contribution in [3.63, 3.8) is 0 Å². The van der Waals surface area contributed by atoms with Crippen LogP contribution in [-0.2, 0) is 23.1 Å². The Morgan fingerprint density at radius 1 is 1.14 bits per heavy atom. The summed E-state index contributed by atoms with van der Waals surface area (Å²) < 4.78 is 27.9. The lowest BCUT2D eigenvalue weighted by molar-refractivity contribution is 0.581. The molecule has 0 aliphatic carbocycles. The van der Waals surface area contributed by atoms with Gasteiger partial charge in [-0.15, -0.1) is 0 Å². The Bertz CT molecular complexity index is 750. The minimum absolute atomic E-state index is 0.122. The predicted octanol–water partition coefficient (Wildman–Crippen LogP) is 3.04. The second kappa shape index (κ2) is 6.89. The summed E-state index contributed by atoms with van der Waals surface area (Å²) >= 11 is 9.38. The summed E-state index contributed by atoms with van der Waals surface area (Å²) in [6.07, 6.45) is 0. The molecule has 0 aromatic heterocycles. The third-order valence-electron chi connectivity index (χ3n) is 2.97. The van der Waals surface area contributed by atoms with Gasteiger partial charge in [0.1, 0.15) is 0 Å². The van der Waals surface area contributed by atoms with Crippen molar-refractivity contribution in [2.45, 2.75) is 18.0 Å². The van der Waals surface area contributed by atoms with Gasteiger partial charge in [-0.2, -0.15) is 0 Å². The molecule has 0 aliphatic heterocycles. The van der Waals surface area contributed by atoms with Crippen LogP contribution in [0.2, 0.25) is 5.02 Å². The highest BCUT2D eigenvalue weighted by atomic mass is 79.9. The number of rotatable bonds is 5. The van der Waals surface area contributed by atoms with E-state index in [1.807, 2.05) is 24.3 Å². The molecule has 0 amide bonds. The van der Waals surface area contributed by atoms with Gasteiger partial charge in [0.05, 0.1) is 4.90 Å². The highest BCUT2D eigenvalue weighted by Crippen LogP contribution is 2.21. The first-order chi connectivity index (χ1) is 9.94. The maximum atomic E-state index is 12.3. The van der Waals surface area contributed by atoms with Crippen LogP contribution in [0.3, 0.4) is 0 Å². The molecule has 112 valence electrons. The van der Waals surface area contributed by atoms with Gasteiger partial charge < -0.3 is 5.73 Å².